The first kappa shape index (κ1) is 27.4. The van der Waals surface area contributed by atoms with Crippen LogP contribution in [-0.4, -0.2) is 59.8 Å². The quantitative estimate of drug-likeness (QED) is 0.235. The van der Waals surface area contributed by atoms with Crippen molar-refractivity contribution >= 4 is 12.0 Å². The van der Waals surface area contributed by atoms with Crippen LogP contribution < -0.4 is 19.5 Å². The maximum atomic E-state index is 12.2. The second-order valence-corrected chi connectivity index (χ2v) is 8.17. The van der Waals surface area contributed by atoms with Crippen LogP contribution in [0.2, 0.25) is 0 Å². The number of benzene rings is 3. The fourth-order valence-corrected chi connectivity index (χ4v) is 3.57. The monoisotopic (exact) mass is 509 g/mol. The molecular formula is C28H31NO8. The lowest BCUT2D eigenvalue weighted by atomic mass is 10.0. The van der Waals surface area contributed by atoms with Crippen LogP contribution in [0.5, 0.6) is 28.7 Å². The summed E-state index contributed by atoms with van der Waals surface area (Å²) in [4.78, 5) is 12.2. The predicted octanol–water partition coefficient (Wildman–Crippen LogP) is 2.96. The number of hydrogen-bond acceptors (Lipinski definition) is 8. The second-order valence-electron chi connectivity index (χ2n) is 8.17. The van der Waals surface area contributed by atoms with Crippen LogP contribution in [0.25, 0.3) is 6.08 Å². The molecule has 0 spiro atoms. The van der Waals surface area contributed by atoms with Crippen LogP contribution in [0.4, 0.5) is 0 Å². The number of amides is 1. The summed E-state index contributed by atoms with van der Waals surface area (Å²) in [6.07, 6.45) is 1.43. The highest BCUT2D eigenvalue weighted by molar-refractivity contribution is 5.91. The van der Waals surface area contributed by atoms with E-state index in [1.165, 1.54) is 38.5 Å². The van der Waals surface area contributed by atoms with Crippen molar-refractivity contribution in [3.05, 3.63) is 83.4 Å². The van der Waals surface area contributed by atoms with Crippen LogP contribution in [0.1, 0.15) is 22.8 Å². The number of carbonyl (C=O) groups is 1. The number of methoxy groups -OCH3 is 2. The normalized spacial score (nSPS) is 12.6. The van der Waals surface area contributed by atoms with Crippen molar-refractivity contribution < 1.29 is 39.4 Å². The molecule has 3 rings (SSSR count). The summed E-state index contributed by atoms with van der Waals surface area (Å²) in [5.74, 6) is 0.697. The van der Waals surface area contributed by atoms with Crippen molar-refractivity contribution in [3.63, 3.8) is 0 Å². The summed E-state index contributed by atoms with van der Waals surface area (Å²) < 4.78 is 16.3. The van der Waals surface area contributed by atoms with Gasteiger partial charge in [-0.05, 0) is 65.6 Å². The van der Waals surface area contributed by atoms with Crippen LogP contribution >= 0.6 is 0 Å². The third kappa shape index (κ3) is 7.63. The third-order valence-electron chi connectivity index (χ3n) is 5.62. The molecule has 9 nitrogen and oxygen atoms in total. The molecule has 0 saturated heterocycles. The maximum absolute atomic E-state index is 12.2. The van der Waals surface area contributed by atoms with E-state index in [0.717, 1.165) is 5.56 Å². The third-order valence-corrected chi connectivity index (χ3v) is 5.62. The van der Waals surface area contributed by atoms with E-state index < -0.39 is 18.8 Å². The number of ether oxygens (including phenoxy) is 3. The van der Waals surface area contributed by atoms with Crippen molar-refractivity contribution in [1.29, 1.82) is 0 Å². The molecule has 1 amide bonds. The van der Waals surface area contributed by atoms with Gasteiger partial charge in [-0.25, -0.2) is 0 Å². The first-order valence-electron chi connectivity index (χ1n) is 11.6. The number of rotatable bonds is 12. The lowest BCUT2D eigenvalue weighted by molar-refractivity contribution is -0.116. The van der Waals surface area contributed by atoms with E-state index >= 15 is 0 Å². The minimum atomic E-state index is -1.21. The largest absolute Gasteiger partial charge is 0.508 e. The Kier molecular flexibility index (Phi) is 9.76. The summed E-state index contributed by atoms with van der Waals surface area (Å²) in [5, 5.41) is 42.5. The number of aliphatic hydroxyl groups excluding tert-OH is 2. The average molecular weight is 510 g/mol. The lowest BCUT2D eigenvalue weighted by Gasteiger charge is -2.24. The Morgan fingerprint density at radius 1 is 0.946 bits per heavy atom. The molecule has 0 radical (unpaired) electrons. The second kappa shape index (κ2) is 13.2. The van der Waals surface area contributed by atoms with Gasteiger partial charge in [0.05, 0.1) is 20.8 Å². The highest BCUT2D eigenvalue weighted by atomic mass is 16.5. The number of aliphatic hydroxyl groups is 2. The van der Waals surface area contributed by atoms with Gasteiger partial charge in [-0.2, -0.15) is 0 Å². The molecule has 0 aliphatic heterocycles. The van der Waals surface area contributed by atoms with Crippen molar-refractivity contribution in [3.8, 4) is 28.7 Å². The van der Waals surface area contributed by atoms with Crippen molar-refractivity contribution in [2.24, 2.45) is 0 Å². The predicted molar refractivity (Wildman–Crippen MR) is 138 cm³/mol. The number of phenolic OH excluding ortho intramolecular Hbond substituents is 2. The van der Waals surface area contributed by atoms with Crippen molar-refractivity contribution in [2.75, 3.05) is 27.4 Å². The molecule has 0 aliphatic carbocycles. The van der Waals surface area contributed by atoms with E-state index in [9.17, 15) is 25.2 Å². The molecule has 0 saturated carbocycles. The zero-order valence-corrected chi connectivity index (χ0v) is 20.6. The number of phenols is 2. The van der Waals surface area contributed by atoms with E-state index in [1.807, 2.05) is 0 Å². The summed E-state index contributed by atoms with van der Waals surface area (Å²) in [6, 6.07) is 16.2. The Morgan fingerprint density at radius 3 is 2.35 bits per heavy atom. The van der Waals surface area contributed by atoms with Crippen molar-refractivity contribution in [2.45, 2.75) is 18.6 Å². The van der Waals surface area contributed by atoms with Crippen LogP contribution in [0.15, 0.2) is 66.7 Å². The molecule has 0 unspecified atom stereocenters. The van der Waals surface area contributed by atoms with E-state index in [1.54, 1.807) is 48.5 Å². The molecule has 0 aliphatic rings. The number of nitrogens with one attached hydrogen (secondary N) is 1. The summed E-state index contributed by atoms with van der Waals surface area (Å²) in [7, 11) is 2.86. The Labute approximate surface area is 215 Å². The minimum Gasteiger partial charge on any atom is -0.508 e. The Hall–Kier alpha value is -4.21. The molecule has 196 valence electrons. The van der Waals surface area contributed by atoms with Gasteiger partial charge in [-0.15, -0.1) is 0 Å². The summed E-state index contributed by atoms with van der Waals surface area (Å²) >= 11 is 0. The molecule has 37 heavy (non-hydrogen) atoms. The van der Waals surface area contributed by atoms with E-state index in [0.29, 0.717) is 35.6 Å². The first-order chi connectivity index (χ1) is 17.8. The summed E-state index contributed by atoms with van der Waals surface area (Å²) in [6.45, 7) is -0.0404. The van der Waals surface area contributed by atoms with Gasteiger partial charge >= 0.3 is 0 Å². The number of carbonyl (C=O) groups excluding carboxylic acids is 1. The Balaban J connectivity index is 1.62. The minimum absolute atomic E-state index is 0.0729. The molecule has 0 heterocycles. The zero-order valence-electron chi connectivity index (χ0n) is 20.6. The molecule has 3 aromatic carbocycles. The molecular weight excluding hydrogens is 478 g/mol. The van der Waals surface area contributed by atoms with Gasteiger partial charge in [0.25, 0.3) is 0 Å². The van der Waals surface area contributed by atoms with Crippen LogP contribution in [0.3, 0.4) is 0 Å². The molecule has 3 aromatic rings. The summed E-state index contributed by atoms with van der Waals surface area (Å²) in [5.41, 5.74) is 2.07. The molecule has 5 N–H and O–H groups in total. The highest BCUT2D eigenvalue weighted by Gasteiger charge is 2.24. The maximum Gasteiger partial charge on any atom is 0.244 e. The lowest BCUT2D eigenvalue weighted by Crippen LogP contribution is -2.29. The average Bonchev–Trinajstić information content (AvgIpc) is 2.91. The fraction of sp³-hybridized carbons (Fsp3) is 0.250. The van der Waals surface area contributed by atoms with E-state index in [2.05, 4.69) is 5.32 Å². The zero-order chi connectivity index (χ0) is 26.8. The Bertz CT molecular complexity index is 1210. The molecule has 0 aromatic heterocycles. The smallest absolute Gasteiger partial charge is 0.244 e. The van der Waals surface area contributed by atoms with E-state index in [-0.39, 0.29) is 23.2 Å². The number of aromatic hydroxyl groups is 2. The van der Waals surface area contributed by atoms with Gasteiger partial charge < -0.3 is 40.0 Å². The fourth-order valence-electron chi connectivity index (χ4n) is 3.57. The molecule has 2 atom stereocenters. The standard InChI is InChI=1S/C28H31NO8/c1-35-24-16-20(7-10-22(24)32)28(34)26(17-30)37-23-11-5-19(15-25(23)36-2)6-12-27(33)29-14-13-18-3-8-21(31)9-4-18/h3-12,15-16,26,28,30-32,34H,13-14,17H2,1-2H3,(H,29,33)/b12-6+/t26-,28-/m0/s1. The SMILES string of the molecule is COc1cc([C@H](O)[C@H](CO)Oc2ccc(/C=C/C(=O)NCCc3ccc(O)cc3)cc2OC)ccc1O. The van der Waals surface area contributed by atoms with E-state index in [4.69, 9.17) is 14.2 Å². The molecule has 0 bridgehead atoms. The van der Waals surface area contributed by atoms with Gasteiger partial charge in [-0.3, -0.25) is 4.79 Å². The molecule has 0 fully saturated rings. The van der Waals surface area contributed by atoms with Gasteiger partial charge in [0.2, 0.25) is 5.91 Å². The first-order valence-corrected chi connectivity index (χ1v) is 11.6. The van der Waals surface area contributed by atoms with Gasteiger partial charge in [-0.1, -0.05) is 24.3 Å². The van der Waals surface area contributed by atoms with Crippen LogP contribution in [0, 0.1) is 0 Å². The topological polar surface area (TPSA) is 138 Å². The van der Waals surface area contributed by atoms with Gasteiger partial charge in [0.1, 0.15) is 11.9 Å². The van der Waals surface area contributed by atoms with Crippen molar-refractivity contribution in [1.82, 2.24) is 5.32 Å². The molecule has 9 heteroatoms. The van der Waals surface area contributed by atoms with Crippen LogP contribution in [-0.2, 0) is 11.2 Å². The Morgan fingerprint density at radius 2 is 1.68 bits per heavy atom. The highest BCUT2D eigenvalue weighted by Crippen LogP contribution is 2.34. The number of hydrogen-bond donors (Lipinski definition) is 5. The van der Waals surface area contributed by atoms with Gasteiger partial charge in [0.15, 0.2) is 29.1 Å². The van der Waals surface area contributed by atoms with Gasteiger partial charge in [0, 0.05) is 12.6 Å².